The molecule has 1 N–H and O–H groups in total. The van der Waals surface area contributed by atoms with Gasteiger partial charge in [0.25, 0.3) is 5.69 Å². The molecule has 1 amide bonds. The fraction of sp³-hybridized carbons (Fsp3) is 0.435. The van der Waals surface area contributed by atoms with E-state index in [0.717, 1.165) is 12.6 Å². The SMILES string of the molecule is Cc1ccc([N+](=O)[O-])cc1S(=O)(=O)N1CCC(C(=O)NCCN(C)Cc2ccccc2)CC1. The highest BCUT2D eigenvalue weighted by Crippen LogP contribution is 2.28. The number of amides is 1. The highest BCUT2D eigenvalue weighted by Gasteiger charge is 2.33. The number of aryl methyl sites for hydroxylation is 1. The van der Waals surface area contributed by atoms with Crippen molar-refractivity contribution in [2.45, 2.75) is 31.2 Å². The number of hydrogen-bond acceptors (Lipinski definition) is 6. The van der Waals surface area contributed by atoms with Gasteiger partial charge in [-0.05, 0) is 37.9 Å². The zero-order chi connectivity index (χ0) is 24.0. The molecule has 2 aromatic carbocycles. The first-order valence-electron chi connectivity index (χ1n) is 10.9. The van der Waals surface area contributed by atoms with Gasteiger partial charge in [0.05, 0.1) is 9.82 Å². The molecule has 9 nitrogen and oxygen atoms in total. The molecule has 0 atom stereocenters. The average Bonchev–Trinajstić information content (AvgIpc) is 2.79. The Labute approximate surface area is 194 Å². The molecule has 3 rings (SSSR count). The van der Waals surface area contributed by atoms with Gasteiger partial charge in [0, 0.05) is 50.8 Å². The Balaban J connectivity index is 1.49. The maximum Gasteiger partial charge on any atom is 0.270 e. The van der Waals surface area contributed by atoms with E-state index in [1.807, 2.05) is 25.2 Å². The Morgan fingerprint density at radius 2 is 1.85 bits per heavy atom. The summed E-state index contributed by atoms with van der Waals surface area (Å²) in [5, 5.41) is 14.0. The van der Waals surface area contributed by atoms with E-state index in [2.05, 4.69) is 22.3 Å². The minimum Gasteiger partial charge on any atom is -0.355 e. The Hall–Kier alpha value is -2.82. The maximum atomic E-state index is 13.1. The van der Waals surface area contributed by atoms with Crippen molar-refractivity contribution >= 4 is 21.6 Å². The van der Waals surface area contributed by atoms with Crippen LogP contribution in [0.2, 0.25) is 0 Å². The minimum atomic E-state index is -3.87. The van der Waals surface area contributed by atoms with Gasteiger partial charge in [-0.2, -0.15) is 4.31 Å². The molecule has 10 heteroatoms. The summed E-state index contributed by atoms with van der Waals surface area (Å²) in [5.74, 6) is -0.311. The number of sulfonamides is 1. The number of nitrogens with one attached hydrogen (secondary N) is 1. The van der Waals surface area contributed by atoms with Gasteiger partial charge in [0.2, 0.25) is 15.9 Å². The number of piperidine rings is 1. The van der Waals surface area contributed by atoms with Crippen molar-refractivity contribution in [1.29, 1.82) is 0 Å². The van der Waals surface area contributed by atoms with Crippen LogP contribution < -0.4 is 5.32 Å². The third-order valence-corrected chi connectivity index (χ3v) is 7.95. The largest absolute Gasteiger partial charge is 0.355 e. The number of likely N-dealkylation sites (N-methyl/N-ethyl adjacent to an activating group) is 1. The molecule has 1 aliphatic heterocycles. The highest BCUT2D eigenvalue weighted by atomic mass is 32.2. The van der Waals surface area contributed by atoms with E-state index < -0.39 is 14.9 Å². The number of carbonyl (C=O) groups excluding carboxylic acids is 1. The summed E-state index contributed by atoms with van der Waals surface area (Å²) in [4.78, 5) is 25.1. The normalized spacial score (nSPS) is 15.5. The molecule has 0 aliphatic carbocycles. The van der Waals surface area contributed by atoms with Gasteiger partial charge < -0.3 is 10.2 Å². The van der Waals surface area contributed by atoms with E-state index in [1.54, 1.807) is 6.92 Å². The van der Waals surface area contributed by atoms with Crippen molar-refractivity contribution in [1.82, 2.24) is 14.5 Å². The maximum absolute atomic E-state index is 13.1. The Morgan fingerprint density at radius 3 is 2.48 bits per heavy atom. The molecular weight excluding hydrogens is 444 g/mol. The molecule has 1 fully saturated rings. The number of benzene rings is 2. The van der Waals surface area contributed by atoms with Gasteiger partial charge in [-0.3, -0.25) is 14.9 Å². The lowest BCUT2D eigenvalue weighted by Crippen LogP contribution is -2.44. The van der Waals surface area contributed by atoms with Crippen LogP contribution in [0.3, 0.4) is 0 Å². The Morgan fingerprint density at radius 1 is 1.18 bits per heavy atom. The molecule has 0 bridgehead atoms. The number of nitro benzene ring substituents is 1. The number of nitro groups is 1. The molecule has 0 saturated carbocycles. The first-order chi connectivity index (χ1) is 15.7. The summed E-state index contributed by atoms with van der Waals surface area (Å²) in [7, 11) is -1.87. The lowest BCUT2D eigenvalue weighted by Gasteiger charge is -2.31. The summed E-state index contributed by atoms with van der Waals surface area (Å²) in [6.07, 6.45) is 0.831. The van der Waals surface area contributed by atoms with Crippen molar-refractivity contribution in [2.75, 3.05) is 33.2 Å². The molecule has 178 valence electrons. The van der Waals surface area contributed by atoms with Crippen LogP contribution in [-0.4, -0.2) is 61.7 Å². The number of hydrogen-bond donors (Lipinski definition) is 1. The fourth-order valence-electron chi connectivity index (χ4n) is 3.97. The van der Waals surface area contributed by atoms with Crippen LogP contribution in [-0.2, 0) is 21.4 Å². The summed E-state index contributed by atoms with van der Waals surface area (Å²) in [6, 6.07) is 13.9. The van der Waals surface area contributed by atoms with E-state index in [4.69, 9.17) is 0 Å². The van der Waals surface area contributed by atoms with Crippen molar-refractivity contribution in [2.24, 2.45) is 5.92 Å². The third kappa shape index (κ3) is 6.37. The van der Waals surface area contributed by atoms with Gasteiger partial charge in [-0.15, -0.1) is 0 Å². The molecule has 1 saturated heterocycles. The molecule has 0 spiro atoms. The summed E-state index contributed by atoms with van der Waals surface area (Å²) in [6.45, 7) is 4.05. The number of carbonyl (C=O) groups is 1. The number of nitrogens with zero attached hydrogens (tertiary/aromatic N) is 3. The second-order valence-corrected chi connectivity index (χ2v) is 10.3. The Kier molecular flexibility index (Phi) is 8.17. The fourth-order valence-corrected chi connectivity index (χ4v) is 5.68. The summed E-state index contributed by atoms with van der Waals surface area (Å²) < 4.78 is 27.4. The first-order valence-corrected chi connectivity index (χ1v) is 12.4. The third-order valence-electron chi connectivity index (χ3n) is 5.91. The molecule has 0 radical (unpaired) electrons. The quantitative estimate of drug-likeness (QED) is 0.441. The van der Waals surface area contributed by atoms with Crippen LogP contribution in [0.1, 0.15) is 24.0 Å². The van der Waals surface area contributed by atoms with Gasteiger partial charge in [-0.25, -0.2) is 8.42 Å². The Bertz CT molecular complexity index is 1080. The van der Waals surface area contributed by atoms with Gasteiger partial charge >= 0.3 is 0 Å². The van der Waals surface area contributed by atoms with Crippen LogP contribution in [0.25, 0.3) is 0 Å². The van der Waals surface area contributed by atoms with Crippen molar-refractivity contribution < 1.29 is 18.1 Å². The van der Waals surface area contributed by atoms with Crippen molar-refractivity contribution in [3.8, 4) is 0 Å². The van der Waals surface area contributed by atoms with Crippen LogP contribution in [0.4, 0.5) is 5.69 Å². The molecular formula is C23H30N4O5S. The van der Waals surface area contributed by atoms with E-state index >= 15 is 0 Å². The topological polar surface area (TPSA) is 113 Å². The van der Waals surface area contributed by atoms with E-state index in [0.29, 0.717) is 31.5 Å². The molecule has 1 heterocycles. The monoisotopic (exact) mass is 474 g/mol. The molecule has 0 aromatic heterocycles. The second-order valence-electron chi connectivity index (χ2n) is 8.40. The highest BCUT2D eigenvalue weighted by molar-refractivity contribution is 7.89. The minimum absolute atomic E-state index is 0.0546. The van der Waals surface area contributed by atoms with Gasteiger partial charge in [0.1, 0.15) is 0 Å². The number of rotatable bonds is 9. The van der Waals surface area contributed by atoms with Crippen LogP contribution in [0, 0.1) is 23.0 Å². The summed E-state index contributed by atoms with van der Waals surface area (Å²) >= 11 is 0. The molecule has 33 heavy (non-hydrogen) atoms. The van der Waals surface area contributed by atoms with Gasteiger partial charge in [0.15, 0.2) is 0 Å². The molecule has 2 aromatic rings. The first kappa shape index (κ1) is 24.8. The number of non-ortho nitro benzene ring substituents is 1. The zero-order valence-corrected chi connectivity index (χ0v) is 19.8. The predicted octanol–water partition coefficient (Wildman–Crippen LogP) is 2.55. The average molecular weight is 475 g/mol. The smallest absolute Gasteiger partial charge is 0.270 e. The van der Waals surface area contributed by atoms with E-state index in [1.165, 1.54) is 22.0 Å². The predicted molar refractivity (Wildman–Crippen MR) is 125 cm³/mol. The van der Waals surface area contributed by atoms with Crippen molar-refractivity contribution in [3.05, 3.63) is 69.8 Å². The zero-order valence-electron chi connectivity index (χ0n) is 18.9. The summed E-state index contributed by atoms with van der Waals surface area (Å²) in [5.41, 5.74) is 1.41. The van der Waals surface area contributed by atoms with Crippen molar-refractivity contribution in [3.63, 3.8) is 0 Å². The lowest BCUT2D eigenvalue weighted by molar-refractivity contribution is -0.385. The molecule has 0 unspecified atom stereocenters. The lowest BCUT2D eigenvalue weighted by atomic mass is 9.97. The standard InChI is InChI=1S/C23H30N4O5S/c1-18-8-9-21(27(29)30)16-22(18)33(31,32)26-13-10-20(11-14-26)23(28)24-12-15-25(2)17-19-6-4-3-5-7-19/h3-9,16,20H,10-15,17H2,1-2H3,(H,24,28). The second kappa shape index (κ2) is 10.9. The molecule has 1 aliphatic rings. The van der Waals surface area contributed by atoms with E-state index in [-0.39, 0.29) is 35.5 Å². The van der Waals surface area contributed by atoms with Crippen LogP contribution in [0.15, 0.2) is 53.4 Å². The van der Waals surface area contributed by atoms with Crippen LogP contribution >= 0.6 is 0 Å². The van der Waals surface area contributed by atoms with Crippen LogP contribution in [0.5, 0.6) is 0 Å². The van der Waals surface area contributed by atoms with E-state index in [9.17, 15) is 23.3 Å². The van der Waals surface area contributed by atoms with Gasteiger partial charge in [-0.1, -0.05) is 36.4 Å².